The van der Waals surface area contributed by atoms with Gasteiger partial charge in [-0.25, -0.2) is 0 Å². The molecule has 3 heteroatoms. The number of allylic oxidation sites excluding steroid dienone is 1. The van der Waals surface area contributed by atoms with E-state index in [2.05, 4.69) is 0 Å². The maximum absolute atomic E-state index is 11.9. The molecule has 88 valence electrons. The highest BCUT2D eigenvalue weighted by Gasteiger charge is 2.14. The van der Waals surface area contributed by atoms with Gasteiger partial charge in [-0.1, -0.05) is 18.2 Å². The van der Waals surface area contributed by atoms with Gasteiger partial charge < -0.3 is 9.32 Å². The third kappa shape index (κ3) is 2.23. The van der Waals surface area contributed by atoms with Gasteiger partial charge in [0.15, 0.2) is 5.76 Å². The van der Waals surface area contributed by atoms with E-state index in [0.29, 0.717) is 5.76 Å². The van der Waals surface area contributed by atoms with Crippen molar-refractivity contribution in [1.82, 2.24) is 4.90 Å². The van der Waals surface area contributed by atoms with E-state index < -0.39 is 0 Å². The molecule has 1 aromatic carbocycles. The number of benzene rings is 1. The standard InChI is InChI=1S/C14H15NO2/c1-10-11-6-4-5-7-13(11)17-14(10)12(16)8-9-15(2)3/h4-9H,1-3H3. The van der Waals surface area contributed by atoms with E-state index >= 15 is 0 Å². The Morgan fingerprint density at radius 2 is 2.00 bits per heavy atom. The van der Waals surface area contributed by atoms with E-state index in [1.807, 2.05) is 50.2 Å². The molecule has 0 unspecified atom stereocenters. The van der Waals surface area contributed by atoms with Crippen molar-refractivity contribution >= 4 is 16.8 Å². The summed E-state index contributed by atoms with van der Waals surface area (Å²) in [7, 11) is 3.74. The van der Waals surface area contributed by atoms with E-state index in [0.717, 1.165) is 16.5 Å². The van der Waals surface area contributed by atoms with Crippen LogP contribution in [0.2, 0.25) is 0 Å². The van der Waals surface area contributed by atoms with Crippen molar-refractivity contribution in [3.05, 3.63) is 47.9 Å². The summed E-state index contributed by atoms with van der Waals surface area (Å²) < 4.78 is 5.57. The lowest BCUT2D eigenvalue weighted by Gasteiger charge is -2.01. The molecule has 3 nitrogen and oxygen atoms in total. The molecule has 0 aliphatic carbocycles. The Labute approximate surface area is 100 Å². The van der Waals surface area contributed by atoms with E-state index in [4.69, 9.17) is 4.42 Å². The second kappa shape index (κ2) is 4.45. The number of hydrogen-bond donors (Lipinski definition) is 0. The van der Waals surface area contributed by atoms with E-state index in [1.165, 1.54) is 6.08 Å². The summed E-state index contributed by atoms with van der Waals surface area (Å²) in [6, 6.07) is 7.67. The van der Waals surface area contributed by atoms with Crippen molar-refractivity contribution in [3.8, 4) is 0 Å². The van der Waals surface area contributed by atoms with Crippen LogP contribution in [0, 0.1) is 6.92 Å². The number of aryl methyl sites for hydroxylation is 1. The van der Waals surface area contributed by atoms with Crippen LogP contribution in [-0.2, 0) is 0 Å². The maximum atomic E-state index is 11.9. The first-order valence-corrected chi connectivity index (χ1v) is 5.46. The number of nitrogens with zero attached hydrogens (tertiary/aromatic N) is 1. The van der Waals surface area contributed by atoms with Crippen molar-refractivity contribution in [2.75, 3.05) is 14.1 Å². The van der Waals surface area contributed by atoms with Crippen LogP contribution in [0.1, 0.15) is 16.1 Å². The summed E-state index contributed by atoms with van der Waals surface area (Å²) in [6.07, 6.45) is 3.24. The number of para-hydroxylation sites is 1. The zero-order valence-electron chi connectivity index (χ0n) is 10.2. The van der Waals surface area contributed by atoms with Gasteiger partial charge in [-0.2, -0.15) is 0 Å². The first kappa shape index (κ1) is 11.5. The van der Waals surface area contributed by atoms with Gasteiger partial charge in [0.05, 0.1) is 0 Å². The zero-order chi connectivity index (χ0) is 12.4. The van der Waals surface area contributed by atoms with Crippen LogP contribution in [0.15, 0.2) is 41.0 Å². The fourth-order valence-corrected chi connectivity index (χ4v) is 1.70. The Kier molecular flexibility index (Phi) is 3.00. The number of rotatable bonds is 3. The molecule has 0 atom stereocenters. The van der Waals surface area contributed by atoms with Gasteiger partial charge in [0, 0.05) is 37.3 Å². The number of ketones is 1. The van der Waals surface area contributed by atoms with Gasteiger partial charge in [0.1, 0.15) is 5.58 Å². The number of fused-ring (bicyclic) bond motifs is 1. The summed E-state index contributed by atoms with van der Waals surface area (Å²) in [5, 5.41) is 0.995. The van der Waals surface area contributed by atoms with Gasteiger partial charge in [0.2, 0.25) is 5.78 Å². The highest BCUT2D eigenvalue weighted by atomic mass is 16.3. The largest absolute Gasteiger partial charge is 0.452 e. The third-order valence-electron chi connectivity index (χ3n) is 2.59. The van der Waals surface area contributed by atoms with Crippen LogP contribution in [0.5, 0.6) is 0 Å². The van der Waals surface area contributed by atoms with Crippen LogP contribution in [0.3, 0.4) is 0 Å². The summed E-state index contributed by atoms with van der Waals surface area (Å²) >= 11 is 0. The predicted octanol–water partition coefficient (Wildman–Crippen LogP) is 3.00. The number of carbonyl (C=O) groups is 1. The smallest absolute Gasteiger partial charge is 0.222 e. The Balaban J connectivity index is 2.42. The number of furan rings is 1. The van der Waals surface area contributed by atoms with Crippen LogP contribution < -0.4 is 0 Å². The van der Waals surface area contributed by atoms with Crippen molar-refractivity contribution < 1.29 is 9.21 Å². The Morgan fingerprint density at radius 1 is 1.29 bits per heavy atom. The molecular formula is C14H15NO2. The van der Waals surface area contributed by atoms with Gasteiger partial charge in [0.25, 0.3) is 0 Å². The van der Waals surface area contributed by atoms with Gasteiger partial charge >= 0.3 is 0 Å². The van der Waals surface area contributed by atoms with E-state index in [-0.39, 0.29) is 5.78 Å². The first-order chi connectivity index (χ1) is 8.09. The molecule has 0 aliphatic rings. The monoisotopic (exact) mass is 229 g/mol. The highest BCUT2D eigenvalue weighted by molar-refractivity contribution is 6.06. The van der Waals surface area contributed by atoms with Gasteiger partial charge in [-0.05, 0) is 13.0 Å². The molecule has 17 heavy (non-hydrogen) atoms. The Morgan fingerprint density at radius 3 is 2.65 bits per heavy atom. The molecule has 0 spiro atoms. The second-order valence-corrected chi connectivity index (χ2v) is 4.20. The minimum atomic E-state index is -0.104. The normalized spacial score (nSPS) is 11.2. The quantitative estimate of drug-likeness (QED) is 0.599. The Bertz CT molecular complexity index is 579. The maximum Gasteiger partial charge on any atom is 0.222 e. The molecule has 0 aliphatic heterocycles. The fraction of sp³-hybridized carbons (Fsp3) is 0.214. The fourth-order valence-electron chi connectivity index (χ4n) is 1.70. The van der Waals surface area contributed by atoms with Crippen LogP contribution in [0.25, 0.3) is 11.0 Å². The minimum Gasteiger partial charge on any atom is -0.452 e. The first-order valence-electron chi connectivity index (χ1n) is 5.46. The Hall–Kier alpha value is -2.03. The van der Waals surface area contributed by atoms with Crippen molar-refractivity contribution in [2.45, 2.75) is 6.92 Å². The summed E-state index contributed by atoms with van der Waals surface area (Å²) in [5.41, 5.74) is 1.65. The molecule has 1 heterocycles. The lowest BCUT2D eigenvalue weighted by atomic mass is 10.1. The summed E-state index contributed by atoms with van der Waals surface area (Å²) in [4.78, 5) is 13.7. The molecule has 0 amide bonds. The molecule has 0 bridgehead atoms. The molecule has 0 N–H and O–H groups in total. The minimum absolute atomic E-state index is 0.104. The molecule has 0 saturated carbocycles. The second-order valence-electron chi connectivity index (χ2n) is 4.20. The van der Waals surface area contributed by atoms with Crippen molar-refractivity contribution in [2.24, 2.45) is 0 Å². The highest BCUT2D eigenvalue weighted by Crippen LogP contribution is 2.25. The van der Waals surface area contributed by atoms with Gasteiger partial charge in [-0.15, -0.1) is 0 Å². The summed E-state index contributed by atoms with van der Waals surface area (Å²) in [5.74, 6) is 0.316. The molecular weight excluding hydrogens is 214 g/mol. The van der Waals surface area contributed by atoms with Crippen molar-refractivity contribution in [3.63, 3.8) is 0 Å². The molecule has 2 aromatic rings. The van der Waals surface area contributed by atoms with E-state index in [9.17, 15) is 4.79 Å². The zero-order valence-corrected chi connectivity index (χ0v) is 10.2. The average molecular weight is 229 g/mol. The molecule has 0 fully saturated rings. The SMILES string of the molecule is Cc1c(C(=O)C=CN(C)C)oc2ccccc12. The lowest BCUT2D eigenvalue weighted by molar-refractivity contribution is 0.102. The van der Waals surface area contributed by atoms with Crippen LogP contribution in [0.4, 0.5) is 0 Å². The van der Waals surface area contributed by atoms with Crippen LogP contribution >= 0.6 is 0 Å². The molecule has 1 aromatic heterocycles. The average Bonchev–Trinajstić information content (AvgIpc) is 2.64. The topological polar surface area (TPSA) is 33.5 Å². The van der Waals surface area contributed by atoms with E-state index in [1.54, 1.807) is 6.20 Å². The molecule has 2 rings (SSSR count). The lowest BCUT2D eigenvalue weighted by Crippen LogP contribution is -2.03. The number of hydrogen-bond acceptors (Lipinski definition) is 3. The molecule has 0 saturated heterocycles. The third-order valence-corrected chi connectivity index (χ3v) is 2.59. The van der Waals surface area contributed by atoms with Crippen LogP contribution in [-0.4, -0.2) is 24.8 Å². The van der Waals surface area contributed by atoms with Gasteiger partial charge in [-0.3, -0.25) is 4.79 Å². The van der Waals surface area contributed by atoms with Crippen molar-refractivity contribution in [1.29, 1.82) is 0 Å². The molecule has 0 radical (unpaired) electrons. The number of carbonyl (C=O) groups excluding carboxylic acids is 1. The predicted molar refractivity (Wildman–Crippen MR) is 68.1 cm³/mol. The summed E-state index contributed by atoms with van der Waals surface area (Å²) in [6.45, 7) is 1.91.